The summed E-state index contributed by atoms with van der Waals surface area (Å²) < 4.78 is 1.84. The van der Waals surface area contributed by atoms with Crippen molar-refractivity contribution in [3.63, 3.8) is 0 Å². The van der Waals surface area contributed by atoms with Gasteiger partial charge in [-0.25, -0.2) is 0 Å². The van der Waals surface area contributed by atoms with Crippen molar-refractivity contribution < 1.29 is 9.57 Å². The zero-order valence-corrected chi connectivity index (χ0v) is 8.87. The highest BCUT2D eigenvalue weighted by Gasteiger charge is 2.12. The molecule has 0 fully saturated rings. The van der Waals surface area contributed by atoms with Gasteiger partial charge in [0.25, 0.3) is 0 Å². The highest BCUT2D eigenvalue weighted by molar-refractivity contribution is 5.12. The van der Waals surface area contributed by atoms with Crippen LogP contribution in [0.5, 0.6) is 0 Å². The van der Waals surface area contributed by atoms with Crippen molar-refractivity contribution in [2.75, 3.05) is 7.11 Å². The SMILES string of the molecule is CCc1ccc(C(C)C)c[n+]1OC. The molecular formula is C11H18NO+. The maximum absolute atomic E-state index is 5.24. The molecule has 1 rings (SSSR count). The third-order valence-electron chi connectivity index (χ3n) is 2.24. The number of aromatic nitrogens is 1. The van der Waals surface area contributed by atoms with E-state index < -0.39 is 0 Å². The molecule has 0 bridgehead atoms. The molecule has 1 aromatic rings. The van der Waals surface area contributed by atoms with Crippen molar-refractivity contribution in [3.05, 3.63) is 29.6 Å². The fourth-order valence-corrected chi connectivity index (χ4v) is 1.31. The van der Waals surface area contributed by atoms with Crippen molar-refractivity contribution >= 4 is 0 Å². The monoisotopic (exact) mass is 180 g/mol. The van der Waals surface area contributed by atoms with Gasteiger partial charge in [-0.3, -0.25) is 4.84 Å². The molecule has 0 aliphatic rings. The van der Waals surface area contributed by atoms with Gasteiger partial charge in [-0.05, 0) is 12.0 Å². The third kappa shape index (κ3) is 2.20. The Morgan fingerprint density at radius 2 is 2.08 bits per heavy atom. The van der Waals surface area contributed by atoms with Crippen molar-refractivity contribution in [1.82, 2.24) is 0 Å². The Labute approximate surface area is 80.1 Å². The van der Waals surface area contributed by atoms with Crippen LogP contribution in [0, 0.1) is 0 Å². The van der Waals surface area contributed by atoms with Crippen molar-refractivity contribution in [2.24, 2.45) is 0 Å². The lowest BCUT2D eigenvalue weighted by Gasteiger charge is -2.04. The predicted octanol–water partition coefficient (Wildman–Crippen LogP) is 1.72. The van der Waals surface area contributed by atoms with Crippen molar-refractivity contribution in [1.29, 1.82) is 0 Å². The van der Waals surface area contributed by atoms with Gasteiger partial charge < -0.3 is 0 Å². The van der Waals surface area contributed by atoms with E-state index in [0.29, 0.717) is 5.92 Å². The Morgan fingerprint density at radius 1 is 1.38 bits per heavy atom. The largest absolute Gasteiger partial charge is 0.274 e. The number of hydrogen-bond acceptors (Lipinski definition) is 1. The van der Waals surface area contributed by atoms with Gasteiger partial charge in [0.05, 0.1) is 0 Å². The van der Waals surface area contributed by atoms with Crippen LogP contribution in [0.3, 0.4) is 0 Å². The van der Waals surface area contributed by atoms with Gasteiger partial charge in [-0.2, -0.15) is 0 Å². The molecule has 0 atom stereocenters. The van der Waals surface area contributed by atoms with Crippen LogP contribution in [-0.4, -0.2) is 7.11 Å². The Hall–Kier alpha value is -1.05. The maximum atomic E-state index is 5.24. The molecule has 0 unspecified atom stereocenters. The molecule has 0 N–H and O–H groups in total. The zero-order valence-electron chi connectivity index (χ0n) is 8.87. The summed E-state index contributed by atoms with van der Waals surface area (Å²) in [6.07, 6.45) is 3.05. The van der Waals surface area contributed by atoms with E-state index in [-0.39, 0.29) is 0 Å². The number of rotatable bonds is 3. The van der Waals surface area contributed by atoms with E-state index in [4.69, 9.17) is 4.84 Å². The lowest BCUT2D eigenvalue weighted by atomic mass is 10.1. The van der Waals surface area contributed by atoms with Gasteiger partial charge in [0.15, 0.2) is 0 Å². The fraction of sp³-hybridized carbons (Fsp3) is 0.545. The predicted molar refractivity (Wildman–Crippen MR) is 52.6 cm³/mol. The molecule has 0 amide bonds. The van der Waals surface area contributed by atoms with Crippen molar-refractivity contribution in [3.8, 4) is 0 Å². The molecule has 72 valence electrons. The summed E-state index contributed by atoms with van der Waals surface area (Å²) in [5.41, 5.74) is 2.51. The average Bonchev–Trinajstić information content (AvgIpc) is 2.16. The number of hydrogen-bond donors (Lipinski definition) is 0. The Kier molecular flexibility index (Phi) is 3.29. The number of aryl methyl sites for hydroxylation is 1. The van der Waals surface area contributed by atoms with Crippen LogP contribution in [0.4, 0.5) is 0 Å². The minimum Gasteiger partial charge on any atom is -0.274 e. The van der Waals surface area contributed by atoms with Crippen LogP contribution in [0.15, 0.2) is 18.3 Å². The second kappa shape index (κ2) is 4.26. The summed E-state index contributed by atoms with van der Waals surface area (Å²) >= 11 is 0. The van der Waals surface area contributed by atoms with Gasteiger partial charge in [0, 0.05) is 22.8 Å². The second-order valence-corrected chi connectivity index (χ2v) is 3.47. The summed E-state index contributed by atoms with van der Waals surface area (Å²) in [6.45, 7) is 6.49. The van der Waals surface area contributed by atoms with Crippen LogP contribution < -0.4 is 9.57 Å². The van der Waals surface area contributed by atoms with Crippen LogP contribution >= 0.6 is 0 Å². The summed E-state index contributed by atoms with van der Waals surface area (Å²) in [5, 5.41) is 0. The minimum atomic E-state index is 0.548. The first-order valence-electron chi connectivity index (χ1n) is 4.78. The van der Waals surface area contributed by atoms with E-state index in [1.165, 1.54) is 11.3 Å². The molecular weight excluding hydrogens is 162 g/mol. The normalized spacial score (nSPS) is 10.5. The summed E-state index contributed by atoms with van der Waals surface area (Å²) in [6, 6.07) is 4.29. The van der Waals surface area contributed by atoms with E-state index in [0.717, 1.165) is 6.42 Å². The van der Waals surface area contributed by atoms with Crippen LogP contribution in [-0.2, 0) is 6.42 Å². The zero-order chi connectivity index (χ0) is 9.84. The summed E-state index contributed by atoms with van der Waals surface area (Å²) in [7, 11) is 1.70. The van der Waals surface area contributed by atoms with Gasteiger partial charge >= 0.3 is 0 Å². The quantitative estimate of drug-likeness (QED) is 0.645. The average molecular weight is 180 g/mol. The molecule has 1 aromatic heterocycles. The third-order valence-corrected chi connectivity index (χ3v) is 2.24. The van der Waals surface area contributed by atoms with Gasteiger partial charge in [0.1, 0.15) is 7.11 Å². The van der Waals surface area contributed by atoms with Crippen LogP contribution in [0.25, 0.3) is 0 Å². The molecule has 1 heterocycles. The maximum Gasteiger partial charge on any atom is 0.234 e. The lowest BCUT2D eigenvalue weighted by molar-refractivity contribution is -0.890. The van der Waals surface area contributed by atoms with E-state index in [1.807, 2.05) is 4.73 Å². The van der Waals surface area contributed by atoms with E-state index in [2.05, 4.69) is 39.1 Å². The highest BCUT2D eigenvalue weighted by Crippen LogP contribution is 2.11. The van der Waals surface area contributed by atoms with Gasteiger partial charge in [0.2, 0.25) is 11.9 Å². The molecule has 0 aromatic carbocycles. The highest BCUT2D eigenvalue weighted by atomic mass is 16.6. The lowest BCUT2D eigenvalue weighted by Crippen LogP contribution is -2.44. The minimum absolute atomic E-state index is 0.548. The Balaban J connectivity index is 3.05. The molecule has 0 radical (unpaired) electrons. The van der Waals surface area contributed by atoms with Gasteiger partial charge in [-0.1, -0.05) is 20.8 Å². The number of pyridine rings is 1. The molecule has 0 saturated heterocycles. The summed E-state index contributed by atoms with van der Waals surface area (Å²) in [5.74, 6) is 0.548. The van der Waals surface area contributed by atoms with Gasteiger partial charge in [-0.15, -0.1) is 0 Å². The Morgan fingerprint density at radius 3 is 2.54 bits per heavy atom. The van der Waals surface area contributed by atoms with E-state index >= 15 is 0 Å². The molecule has 13 heavy (non-hydrogen) atoms. The first-order valence-corrected chi connectivity index (χ1v) is 4.78. The standard InChI is InChI=1S/C11H18NO/c1-5-11-7-6-10(9(2)3)8-12(11)13-4/h6-9H,5H2,1-4H3/q+1. The smallest absolute Gasteiger partial charge is 0.234 e. The first-order chi connectivity index (χ1) is 6.19. The van der Waals surface area contributed by atoms with E-state index in [9.17, 15) is 0 Å². The molecule has 0 aliphatic heterocycles. The Bertz CT molecular complexity index is 281. The molecule has 0 spiro atoms. The van der Waals surface area contributed by atoms with Crippen LogP contribution in [0.2, 0.25) is 0 Å². The topological polar surface area (TPSA) is 13.1 Å². The molecule has 2 nitrogen and oxygen atoms in total. The molecule has 0 aliphatic carbocycles. The second-order valence-electron chi connectivity index (χ2n) is 3.47. The fourth-order valence-electron chi connectivity index (χ4n) is 1.31. The van der Waals surface area contributed by atoms with Crippen molar-refractivity contribution in [2.45, 2.75) is 33.1 Å². The molecule has 0 saturated carbocycles. The summed E-state index contributed by atoms with van der Waals surface area (Å²) in [4.78, 5) is 5.24. The number of nitrogens with zero attached hydrogens (tertiary/aromatic N) is 1. The van der Waals surface area contributed by atoms with E-state index in [1.54, 1.807) is 7.11 Å². The van der Waals surface area contributed by atoms with Crippen LogP contribution in [0.1, 0.15) is 37.9 Å². The first kappa shape index (κ1) is 10.0. The molecule has 2 heteroatoms.